The topological polar surface area (TPSA) is 49.4 Å². The first-order valence-electron chi connectivity index (χ1n) is 7.31. The van der Waals surface area contributed by atoms with Crippen molar-refractivity contribution in [2.45, 2.75) is 52.5 Å². The highest BCUT2D eigenvalue weighted by atomic mass is 19.4. The van der Waals surface area contributed by atoms with E-state index in [4.69, 9.17) is 0 Å². The Kier molecular flexibility index (Phi) is 6.18. The van der Waals surface area contributed by atoms with Crippen LogP contribution >= 0.6 is 0 Å². The maximum Gasteiger partial charge on any atom is 0.416 e. The van der Waals surface area contributed by atoms with Crippen LogP contribution in [0.4, 0.5) is 13.2 Å². The molecule has 128 valence electrons. The molecule has 0 radical (unpaired) electrons. The van der Waals surface area contributed by atoms with Gasteiger partial charge in [0.25, 0.3) is 0 Å². The molecule has 1 aromatic rings. The Morgan fingerprint density at radius 2 is 1.61 bits per heavy atom. The second-order valence-corrected chi connectivity index (χ2v) is 5.74. The minimum atomic E-state index is -4.51. The van der Waals surface area contributed by atoms with E-state index in [1.165, 1.54) is 23.1 Å². The van der Waals surface area contributed by atoms with Gasteiger partial charge in [0.05, 0.1) is 5.56 Å². The second kappa shape index (κ2) is 7.48. The molecule has 0 saturated carbocycles. The number of alkyl halides is 3. The Labute approximate surface area is 133 Å². The fourth-order valence-corrected chi connectivity index (χ4v) is 2.38. The lowest BCUT2D eigenvalue weighted by Gasteiger charge is -2.30. The molecule has 0 atom stereocenters. The van der Waals surface area contributed by atoms with Gasteiger partial charge in [-0.15, -0.1) is 0 Å². The highest BCUT2D eigenvalue weighted by Gasteiger charge is 2.33. The number of hydrogen-bond donors (Lipinski definition) is 1. The zero-order chi connectivity index (χ0) is 17.8. The SMILES string of the molecule is CC(C)N(C(=O)C(=O)NCc1ccccc1C(F)(F)F)C(C)C. The lowest BCUT2D eigenvalue weighted by molar-refractivity contribution is -0.148. The number of benzene rings is 1. The molecule has 0 aliphatic rings. The van der Waals surface area contributed by atoms with Crippen LogP contribution in [-0.4, -0.2) is 28.8 Å². The molecule has 0 spiro atoms. The van der Waals surface area contributed by atoms with E-state index in [-0.39, 0.29) is 24.2 Å². The van der Waals surface area contributed by atoms with Crippen LogP contribution in [0, 0.1) is 0 Å². The Morgan fingerprint density at radius 1 is 1.09 bits per heavy atom. The van der Waals surface area contributed by atoms with E-state index < -0.39 is 23.6 Å². The van der Waals surface area contributed by atoms with Crippen LogP contribution < -0.4 is 5.32 Å². The van der Waals surface area contributed by atoms with Crippen molar-refractivity contribution in [3.8, 4) is 0 Å². The highest BCUT2D eigenvalue weighted by Crippen LogP contribution is 2.31. The number of carbonyl (C=O) groups excluding carboxylic acids is 2. The van der Waals surface area contributed by atoms with Gasteiger partial charge in [0.2, 0.25) is 0 Å². The third-order valence-corrected chi connectivity index (χ3v) is 3.30. The molecule has 1 rings (SSSR count). The van der Waals surface area contributed by atoms with Crippen molar-refractivity contribution in [1.82, 2.24) is 10.2 Å². The van der Waals surface area contributed by atoms with Crippen molar-refractivity contribution in [3.05, 3.63) is 35.4 Å². The summed E-state index contributed by atoms with van der Waals surface area (Å²) in [6.07, 6.45) is -4.51. The maximum atomic E-state index is 12.9. The van der Waals surface area contributed by atoms with E-state index in [2.05, 4.69) is 5.32 Å². The first-order valence-corrected chi connectivity index (χ1v) is 7.31. The van der Waals surface area contributed by atoms with Gasteiger partial charge in [0.15, 0.2) is 0 Å². The molecule has 1 N–H and O–H groups in total. The first kappa shape index (κ1) is 19.0. The van der Waals surface area contributed by atoms with Crippen LogP contribution in [0.2, 0.25) is 0 Å². The smallest absolute Gasteiger partial charge is 0.344 e. The summed E-state index contributed by atoms with van der Waals surface area (Å²) >= 11 is 0. The fraction of sp³-hybridized carbons (Fsp3) is 0.500. The zero-order valence-electron chi connectivity index (χ0n) is 13.6. The molecule has 23 heavy (non-hydrogen) atoms. The number of rotatable bonds is 4. The van der Waals surface area contributed by atoms with E-state index in [1.807, 2.05) is 0 Å². The third kappa shape index (κ3) is 4.97. The van der Waals surface area contributed by atoms with Gasteiger partial charge < -0.3 is 10.2 Å². The number of nitrogens with zero attached hydrogens (tertiary/aromatic N) is 1. The van der Waals surface area contributed by atoms with Crippen LogP contribution in [0.3, 0.4) is 0 Å². The molecule has 0 aliphatic heterocycles. The molecule has 0 saturated heterocycles. The van der Waals surface area contributed by atoms with E-state index >= 15 is 0 Å². The Hall–Kier alpha value is -2.05. The van der Waals surface area contributed by atoms with E-state index in [1.54, 1.807) is 27.7 Å². The van der Waals surface area contributed by atoms with Crippen LogP contribution in [0.15, 0.2) is 24.3 Å². The van der Waals surface area contributed by atoms with Crippen molar-refractivity contribution in [2.24, 2.45) is 0 Å². The van der Waals surface area contributed by atoms with Crippen molar-refractivity contribution >= 4 is 11.8 Å². The number of hydrogen-bond acceptors (Lipinski definition) is 2. The molecule has 0 fully saturated rings. The van der Waals surface area contributed by atoms with Gasteiger partial charge in [-0.1, -0.05) is 18.2 Å². The standard InChI is InChI=1S/C16H21F3N2O2/c1-10(2)21(11(3)4)15(23)14(22)20-9-12-7-5-6-8-13(12)16(17,18)19/h5-8,10-11H,9H2,1-4H3,(H,20,22). The van der Waals surface area contributed by atoms with Crippen LogP contribution in [0.1, 0.15) is 38.8 Å². The summed E-state index contributed by atoms with van der Waals surface area (Å²) in [6, 6.07) is 4.58. The monoisotopic (exact) mass is 330 g/mol. The molecule has 0 unspecified atom stereocenters. The summed E-state index contributed by atoms with van der Waals surface area (Å²) in [6.45, 7) is 6.72. The lowest BCUT2D eigenvalue weighted by atomic mass is 10.1. The minimum absolute atomic E-state index is 0.0817. The summed E-state index contributed by atoms with van der Waals surface area (Å²) in [5.74, 6) is -1.66. The molecule has 4 nitrogen and oxygen atoms in total. The number of amides is 2. The first-order chi connectivity index (χ1) is 10.6. The summed E-state index contributed by atoms with van der Waals surface area (Å²) in [7, 11) is 0. The average Bonchev–Trinajstić information content (AvgIpc) is 2.43. The van der Waals surface area contributed by atoms with Crippen molar-refractivity contribution < 1.29 is 22.8 Å². The molecule has 0 bridgehead atoms. The van der Waals surface area contributed by atoms with E-state index in [9.17, 15) is 22.8 Å². The second-order valence-electron chi connectivity index (χ2n) is 5.74. The molecule has 0 aliphatic carbocycles. The molecular weight excluding hydrogens is 309 g/mol. The van der Waals surface area contributed by atoms with Gasteiger partial charge in [0.1, 0.15) is 0 Å². The predicted molar refractivity (Wildman–Crippen MR) is 80.4 cm³/mol. The van der Waals surface area contributed by atoms with Gasteiger partial charge in [0, 0.05) is 18.6 Å². The van der Waals surface area contributed by atoms with Gasteiger partial charge in [-0.25, -0.2) is 0 Å². The van der Waals surface area contributed by atoms with E-state index in [0.717, 1.165) is 6.07 Å². The summed E-state index contributed by atoms with van der Waals surface area (Å²) < 4.78 is 38.7. The van der Waals surface area contributed by atoms with Gasteiger partial charge >= 0.3 is 18.0 Å². The van der Waals surface area contributed by atoms with Gasteiger partial charge in [-0.05, 0) is 39.3 Å². The Morgan fingerprint density at radius 3 is 2.09 bits per heavy atom. The van der Waals surface area contributed by atoms with Crippen LogP contribution in [0.25, 0.3) is 0 Å². The van der Waals surface area contributed by atoms with Crippen molar-refractivity contribution in [1.29, 1.82) is 0 Å². The maximum absolute atomic E-state index is 12.9. The van der Waals surface area contributed by atoms with Crippen molar-refractivity contribution in [3.63, 3.8) is 0 Å². The largest absolute Gasteiger partial charge is 0.416 e. The predicted octanol–water partition coefficient (Wildman–Crippen LogP) is 2.97. The third-order valence-electron chi connectivity index (χ3n) is 3.30. The normalized spacial score (nSPS) is 11.7. The Bertz CT molecular complexity index is 561. The van der Waals surface area contributed by atoms with E-state index in [0.29, 0.717) is 0 Å². The van der Waals surface area contributed by atoms with Crippen molar-refractivity contribution in [2.75, 3.05) is 0 Å². The van der Waals surface area contributed by atoms with Gasteiger partial charge in [-0.2, -0.15) is 13.2 Å². The molecule has 1 aromatic carbocycles. The molecule has 7 heteroatoms. The lowest BCUT2D eigenvalue weighted by Crippen LogP contribution is -2.49. The molecule has 0 heterocycles. The Balaban J connectivity index is 2.83. The van der Waals surface area contributed by atoms with Crippen LogP contribution in [0.5, 0.6) is 0 Å². The quantitative estimate of drug-likeness (QED) is 0.863. The minimum Gasteiger partial charge on any atom is -0.344 e. The molecular formula is C16H21F3N2O2. The number of nitrogens with one attached hydrogen (secondary N) is 1. The number of halogens is 3. The summed E-state index contributed by atoms with van der Waals surface area (Å²) in [4.78, 5) is 25.4. The summed E-state index contributed by atoms with van der Waals surface area (Å²) in [5, 5.41) is 2.27. The average molecular weight is 330 g/mol. The van der Waals surface area contributed by atoms with Gasteiger partial charge in [-0.3, -0.25) is 9.59 Å². The zero-order valence-corrected chi connectivity index (χ0v) is 13.6. The molecule has 0 aromatic heterocycles. The molecule has 2 amide bonds. The fourth-order valence-electron chi connectivity index (χ4n) is 2.38. The van der Waals surface area contributed by atoms with Crippen LogP contribution in [-0.2, 0) is 22.3 Å². The highest BCUT2D eigenvalue weighted by molar-refractivity contribution is 6.35. The number of carbonyl (C=O) groups is 2. The summed E-state index contributed by atoms with van der Waals surface area (Å²) in [5.41, 5.74) is -0.904.